The van der Waals surface area contributed by atoms with Crippen molar-refractivity contribution < 1.29 is 14.3 Å². The second-order valence-corrected chi connectivity index (χ2v) is 8.90. The first-order valence-electron chi connectivity index (χ1n) is 9.43. The number of nitrogens with one attached hydrogen (secondary N) is 1. The minimum absolute atomic E-state index is 0. The third kappa shape index (κ3) is 4.89. The number of amides is 1. The van der Waals surface area contributed by atoms with Gasteiger partial charge in [0.15, 0.2) is 0 Å². The fourth-order valence-corrected chi connectivity index (χ4v) is 4.61. The van der Waals surface area contributed by atoms with E-state index in [1.54, 1.807) is 14.2 Å². The number of benzene rings is 1. The van der Waals surface area contributed by atoms with E-state index >= 15 is 0 Å². The molecule has 0 bridgehead atoms. The number of hydrogen-bond acceptors (Lipinski definition) is 5. The number of anilines is 1. The number of carbonyl (C=O) groups is 1. The molecule has 2 aliphatic rings. The molecule has 1 aromatic rings. The highest BCUT2D eigenvalue weighted by molar-refractivity contribution is 9.10. The van der Waals surface area contributed by atoms with Crippen molar-refractivity contribution in [2.75, 3.05) is 58.5 Å². The molecule has 6 nitrogen and oxygen atoms in total. The number of halogens is 2. The predicted octanol–water partition coefficient (Wildman–Crippen LogP) is 2.43. The van der Waals surface area contributed by atoms with E-state index in [0.29, 0.717) is 32.3 Å². The number of nitrogens with zero attached hydrogens (tertiary/aromatic N) is 2. The van der Waals surface area contributed by atoms with Gasteiger partial charge in [-0.25, -0.2) is 0 Å². The van der Waals surface area contributed by atoms with E-state index < -0.39 is 0 Å². The molecule has 0 aliphatic carbocycles. The molecule has 28 heavy (non-hydrogen) atoms. The smallest absolute Gasteiger partial charge is 0.241 e. The summed E-state index contributed by atoms with van der Waals surface area (Å²) in [6, 6.07) is 6.76. The Labute approximate surface area is 182 Å². The van der Waals surface area contributed by atoms with Gasteiger partial charge in [-0.05, 0) is 24.6 Å². The van der Waals surface area contributed by atoms with Crippen molar-refractivity contribution >= 4 is 39.9 Å². The van der Waals surface area contributed by atoms with Crippen LogP contribution < -0.4 is 10.2 Å². The maximum absolute atomic E-state index is 13.3. The quantitative estimate of drug-likeness (QED) is 0.683. The summed E-state index contributed by atoms with van der Waals surface area (Å²) in [6.07, 6.45) is 0. The Hall–Kier alpha value is -0.700. The summed E-state index contributed by atoms with van der Waals surface area (Å²) < 4.78 is 11.8. The Morgan fingerprint density at radius 3 is 2.79 bits per heavy atom. The normalized spacial score (nSPS) is 27.4. The molecule has 0 radical (unpaired) electrons. The van der Waals surface area contributed by atoms with Gasteiger partial charge < -0.3 is 19.7 Å². The predicted molar refractivity (Wildman–Crippen MR) is 118 cm³/mol. The van der Waals surface area contributed by atoms with E-state index in [9.17, 15) is 4.79 Å². The van der Waals surface area contributed by atoms with Gasteiger partial charge in [0.25, 0.3) is 0 Å². The van der Waals surface area contributed by atoms with E-state index in [1.807, 2.05) is 17.0 Å². The largest absolute Gasteiger partial charge is 0.384 e. The van der Waals surface area contributed by atoms with Crippen LogP contribution in [0.2, 0.25) is 0 Å². The van der Waals surface area contributed by atoms with Crippen LogP contribution in [0.3, 0.4) is 0 Å². The molecule has 1 amide bonds. The lowest BCUT2D eigenvalue weighted by atomic mass is 9.85. The molecule has 8 heteroatoms. The van der Waals surface area contributed by atoms with Gasteiger partial charge in [0, 0.05) is 61.5 Å². The maximum Gasteiger partial charge on any atom is 0.241 e. The lowest BCUT2D eigenvalue weighted by molar-refractivity contribution is -0.121. The third-order valence-electron chi connectivity index (χ3n) is 5.60. The molecule has 2 heterocycles. The van der Waals surface area contributed by atoms with Gasteiger partial charge in [-0.2, -0.15) is 0 Å². The number of piperazine rings is 1. The Morgan fingerprint density at radius 2 is 2.11 bits per heavy atom. The first-order chi connectivity index (χ1) is 12.9. The van der Waals surface area contributed by atoms with Crippen LogP contribution in [0.4, 0.5) is 5.69 Å². The Bertz CT molecular complexity index is 693. The van der Waals surface area contributed by atoms with Gasteiger partial charge in [0.2, 0.25) is 5.91 Å². The van der Waals surface area contributed by atoms with Crippen LogP contribution in [0.5, 0.6) is 0 Å². The SMILES string of the molecule is COC[C@H]1CN[C@H](C)CN1CC(=O)N1CC(C)(COC)c2ccc(Br)cc21.Cl. The fourth-order valence-electron chi connectivity index (χ4n) is 4.26. The fraction of sp³-hybridized carbons (Fsp3) is 0.650. The van der Waals surface area contributed by atoms with Crippen LogP contribution in [-0.4, -0.2) is 76.5 Å². The monoisotopic (exact) mass is 475 g/mol. The van der Waals surface area contributed by atoms with Gasteiger partial charge in [-0.1, -0.05) is 28.9 Å². The summed E-state index contributed by atoms with van der Waals surface area (Å²) in [4.78, 5) is 17.5. The summed E-state index contributed by atoms with van der Waals surface area (Å²) in [6.45, 7) is 8.24. The van der Waals surface area contributed by atoms with Gasteiger partial charge in [-0.3, -0.25) is 9.69 Å². The Kier molecular flexibility index (Phi) is 8.31. The number of methoxy groups -OCH3 is 2. The van der Waals surface area contributed by atoms with Crippen LogP contribution >= 0.6 is 28.3 Å². The molecule has 0 spiro atoms. The highest BCUT2D eigenvalue weighted by Gasteiger charge is 2.42. The molecule has 0 saturated carbocycles. The van der Waals surface area contributed by atoms with Gasteiger partial charge in [0.05, 0.1) is 19.8 Å². The van der Waals surface area contributed by atoms with Crippen LogP contribution in [0.15, 0.2) is 22.7 Å². The molecule has 1 aromatic carbocycles. The minimum atomic E-state index is -0.191. The summed E-state index contributed by atoms with van der Waals surface area (Å²) >= 11 is 3.55. The molecule has 1 fully saturated rings. The summed E-state index contributed by atoms with van der Waals surface area (Å²) in [5, 5.41) is 3.47. The maximum atomic E-state index is 13.3. The molecular formula is C20H31BrClN3O3. The number of ether oxygens (including phenoxy) is 2. The first-order valence-corrected chi connectivity index (χ1v) is 10.2. The van der Waals surface area contributed by atoms with Crippen molar-refractivity contribution in [2.24, 2.45) is 0 Å². The zero-order valence-electron chi connectivity index (χ0n) is 17.0. The molecule has 0 aromatic heterocycles. The molecule has 3 atom stereocenters. The second-order valence-electron chi connectivity index (χ2n) is 7.98. The lowest BCUT2D eigenvalue weighted by Gasteiger charge is -2.39. The van der Waals surface area contributed by atoms with Crippen molar-refractivity contribution in [2.45, 2.75) is 31.3 Å². The van der Waals surface area contributed by atoms with Gasteiger partial charge in [-0.15, -0.1) is 12.4 Å². The minimum Gasteiger partial charge on any atom is -0.384 e. The molecule has 2 aliphatic heterocycles. The highest BCUT2D eigenvalue weighted by Crippen LogP contribution is 2.42. The average molecular weight is 477 g/mol. The highest BCUT2D eigenvalue weighted by atomic mass is 79.9. The van der Waals surface area contributed by atoms with Crippen molar-refractivity contribution in [1.29, 1.82) is 0 Å². The summed E-state index contributed by atoms with van der Waals surface area (Å²) in [5.74, 6) is 0.129. The zero-order valence-corrected chi connectivity index (χ0v) is 19.4. The van der Waals surface area contributed by atoms with Crippen LogP contribution in [0.25, 0.3) is 0 Å². The summed E-state index contributed by atoms with van der Waals surface area (Å²) in [7, 11) is 3.42. The summed E-state index contributed by atoms with van der Waals surface area (Å²) in [5.41, 5.74) is 1.96. The van der Waals surface area contributed by atoms with E-state index in [4.69, 9.17) is 9.47 Å². The van der Waals surface area contributed by atoms with Crippen LogP contribution in [0.1, 0.15) is 19.4 Å². The lowest BCUT2D eigenvalue weighted by Crippen LogP contribution is -2.59. The van der Waals surface area contributed by atoms with Crippen molar-refractivity contribution in [3.8, 4) is 0 Å². The molecule has 3 rings (SSSR count). The Morgan fingerprint density at radius 1 is 1.36 bits per heavy atom. The molecule has 1 N–H and O–H groups in total. The standard InChI is InChI=1S/C20H30BrN3O3.ClH/c1-14-9-23(16(8-22-14)11-26-3)10-19(25)24-12-20(2,13-27-4)17-6-5-15(21)7-18(17)24;/h5-7,14,16,22H,8-13H2,1-4H3;1H/t14-,16-,20?;/m1./s1. The van der Waals surface area contributed by atoms with E-state index in [-0.39, 0.29) is 29.8 Å². The first kappa shape index (κ1) is 23.6. The zero-order chi connectivity index (χ0) is 19.6. The molecule has 1 unspecified atom stereocenters. The van der Waals surface area contributed by atoms with E-state index in [0.717, 1.165) is 23.2 Å². The topological polar surface area (TPSA) is 54.0 Å². The van der Waals surface area contributed by atoms with E-state index in [2.05, 4.69) is 46.1 Å². The molecular weight excluding hydrogens is 446 g/mol. The number of fused-ring (bicyclic) bond motifs is 1. The third-order valence-corrected chi connectivity index (χ3v) is 6.09. The van der Waals surface area contributed by atoms with Crippen molar-refractivity contribution in [1.82, 2.24) is 10.2 Å². The van der Waals surface area contributed by atoms with Crippen molar-refractivity contribution in [3.63, 3.8) is 0 Å². The van der Waals surface area contributed by atoms with Gasteiger partial charge in [0.1, 0.15) is 0 Å². The number of carbonyl (C=O) groups excluding carboxylic acids is 1. The average Bonchev–Trinajstić information content (AvgIpc) is 2.90. The van der Waals surface area contributed by atoms with Crippen LogP contribution in [0, 0.1) is 0 Å². The number of hydrogen-bond donors (Lipinski definition) is 1. The van der Waals surface area contributed by atoms with Gasteiger partial charge >= 0.3 is 0 Å². The number of rotatable bonds is 6. The molecule has 1 saturated heterocycles. The Balaban J connectivity index is 0.00000280. The molecule has 158 valence electrons. The van der Waals surface area contributed by atoms with Crippen LogP contribution in [-0.2, 0) is 19.7 Å². The second kappa shape index (κ2) is 9.87. The van der Waals surface area contributed by atoms with Crippen molar-refractivity contribution in [3.05, 3.63) is 28.2 Å². The van der Waals surface area contributed by atoms with E-state index in [1.165, 1.54) is 5.56 Å².